The number of rotatable bonds is 3. The maximum atomic E-state index is 12.0. The van der Waals surface area contributed by atoms with E-state index < -0.39 is 0 Å². The maximum absolute atomic E-state index is 12.0. The van der Waals surface area contributed by atoms with Gasteiger partial charge in [0.05, 0.1) is 0 Å². The number of nitrogens with zero attached hydrogens (tertiary/aromatic N) is 1. The smallest absolute Gasteiger partial charge is 0.187 e. The zero-order chi connectivity index (χ0) is 12.4. The molecule has 17 heavy (non-hydrogen) atoms. The molecule has 2 heterocycles. The molecular formula is C11H6Br3NOS. The van der Waals surface area contributed by atoms with Crippen LogP contribution in [0.25, 0.3) is 0 Å². The first kappa shape index (κ1) is 13.4. The summed E-state index contributed by atoms with van der Waals surface area (Å²) in [4.78, 5) is 17.2. The number of halogens is 3. The van der Waals surface area contributed by atoms with Crippen molar-refractivity contribution in [1.29, 1.82) is 0 Å². The van der Waals surface area contributed by atoms with Gasteiger partial charge < -0.3 is 0 Å². The van der Waals surface area contributed by atoms with Gasteiger partial charge in [-0.1, -0.05) is 0 Å². The Kier molecular flexibility index (Phi) is 4.52. The van der Waals surface area contributed by atoms with Crippen molar-refractivity contribution in [3.8, 4) is 0 Å². The van der Waals surface area contributed by atoms with E-state index in [1.807, 2.05) is 17.5 Å². The van der Waals surface area contributed by atoms with Crippen LogP contribution in [0.15, 0.2) is 37.1 Å². The molecule has 2 aromatic heterocycles. The fraction of sp³-hybridized carbons (Fsp3) is 0.0909. The predicted octanol–water partition coefficient (Wildman–Crippen LogP) is 4.86. The van der Waals surface area contributed by atoms with Crippen molar-refractivity contribution in [3.05, 3.63) is 47.7 Å². The van der Waals surface area contributed by atoms with E-state index >= 15 is 0 Å². The number of hydrogen-bond acceptors (Lipinski definition) is 3. The van der Waals surface area contributed by atoms with Gasteiger partial charge in [0.1, 0.15) is 5.69 Å². The standard InChI is InChI=1S/C11H6Br3NOS/c12-6-2-9(14)11(15-4-6)10(16)3-8-1-7(13)5-17-8/h1-2,4-5H,3H2. The van der Waals surface area contributed by atoms with Gasteiger partial charge in [-0.2, -0.15) is 0 Å². The van der Waals surface area contributed by atoms with Crippen molar-refractivity contribution < 1.29 is 4.79 Å². The van der Waals surface area contributed by atoms with Gasteiger partial charge in [0, 0.05) is 36.3 Å². The topological polar surface area (TPSA) is 30.0 Å². The Morgan fingerprint density at radius 3 is 2.59 bits per heavy atom. The van der Waals surface area contributed by atoms with Crippen molar-refractivity contribution in [3.63, 3.8) is 0 Å². The van der Waals surface area contributed by atoms with Crippen molar-refractivity contribution in [2.24, 2.45) is 0 Å². The Balaban J connectivity index is 2.20. The van der Waals surface area contributed by atoms with Crippen molar-refractivity contribution in [2.75, 3.05) is 0 Å². The highest BCUT2D eigenvalue weighted by Crippen LogP contribution is 2.24. The Bertz CT molecular complexity index is 568. The minimum atomic E-state index is 0.0127. The van der Waals surface area contributed by atoms with Crippen LogP contribution in [0.5, 0.6) is 0 Å². The molecule has 0 bridgehead atoms. The van der Waals surface area contributed by atoms with Gasteiger partial charge >= 0.3 is 0 Å². The average Bonchev–Trinajstić information content (AvgIpc) is 2.63. The molecule has 0 radical (unpaired) electrons. The van der Waals surface area contributed by atoms with Crippen molar-refractivity contribution in [1.82, 2.24) is 4.98 Å². The minimum absolute atomic E-state index is 0.0127. The van der Waals surface area contributed by atoms with Gasteiger partial charge in [-0.05, 0) is 59.9 Å². The van der Waals surface area contributed by atoms with Gasteiger partial charge in [-0.25, -0.2) is 0 Å². The number of Topliss-reactive ketones (excluding diaryl/α,β-unsaturated/α-hetero) is 1. The second-order valence-electron chi connectivity index (χ2n) is 3.32. The largest absolute Gasteiger partial charge is 0.292 e. The van der Waals surface area contributed by atoms with E-state index in [2.05, 4.69) is 52.8 Å². The highest BCUT2D eigenvalue weighted by Gasteiger charge is 2.13. The molecule has 0 aliphatic heterocycles. The van der Waals surface area contributed by atoms with Crippen LogP contribution in [0.3, 0.4) is 0 Å². The molecule has 0 amide bonds. The highest BCUT2D eigenvalue weighted by atomic mass is 79.9. The Hall–Kier alpha value is -0.0400. The monoisotopic (exact) mass is 437 g/mol. The van der Waals surface area contributed by atoms with E-state index in [9.17, 15) is 4.79 Å². The van der Waals surface area contributed by atoms with Gasteiger partial charge in [0.15, 0.2) is 5.78 Å². The molecule has 0 saturated carbocycles. The molecule has 0 N–H and O–H groups in total. The highest BCUT2D eigenvalue weighted by molar-refractivity contribution is 9.11. The summed E-state index contributed by atoms with van der Waals surface area (Å²) >= 11 is 11.6. The van der Waals surface area contributed by atoms with Gasteiger partial charge in [0.25, 0.3) is 0 Å². The van der Waals surface area contributed by atoms with Crippen molar-refractivity contribution >= 4 is 64.9 Å². The summed E-state index contributed by atoms with van der Waals surface area (Å²) in [6.07, 6.45) is 2.01. The molecule has 0 saturated heterocycles. The molecule has 0 atom stereocenters. The summed E-state index contributed by atoms with van der Waals surface area (Å²) in [7, 11) is 0. The van der Waals surface area contributed by atoms with E-state index in [1.54, 1.807) is 17.5 Å². The summed E-state index contributed by atoms with van der Waals surface area (Å²) in [5.74, 6) is 0.0127. The molecule has 0 fully saturated rings. The number of carbonyl (C=O) groups excluding carboxylic acids is 1. The Morgan fingerprint density at radius 1 is 1.24 bits per heavy atom. The molecule has 2 rings (SSSR count). The lowest BCUT2D eigenvalue weighted by Gasteiger charge is -2.02. The summed E-state index contributed by atoms with van der Waals surface area (Å²) in [6, 6.07) is 3.78. The van der Waals surface area contributed by atoms with Crippen LogP contribution >= 0.6 is 59.1 Å². The summed E-state index contributed by atoms with van der Waals surface area (Å²) < 4.78 is 2.57. The molecule has 2 nitrogen and oxygen atoms in total. The lowest BCUT2D eigenvalue weighted by molar-refractivity contribution is 0.0988. The number of ketones is 1. The zero-order valence-electron chi connectivity index (χ0n) is 8.41. The third-order valence-corrected chi connectivity index (χ3v) is 4.76. The normalized spacial score (nSPS) is 10.5. The summed E-state index contributed by atoms with van der Waals surface area (Å²) in [5, 5.41) is 1.96. The van der Waals surface area contributed by atoms with Crippen LogP contribution in [0.4, 0.5) is 0 Å². The number of carbonyl (C=O) groups is 1. The fourth-order valence-corrected chi connectivity index (χ4v) is 3.97. The van der Waals surface area contributed by atoms with Crippen LogP contribution in [-0.2, 0) is 6.42 Å². The summed E-state index contributed by atoms with van der Waals surface area (Å²) in [5.41, 5.74) is 0.470. The number of aromatic nitrogens is 1. The zero-order valence-corrected chi connectivity index (χ0v) is 14.0. The average molecular weight is 440 g/mol. The first-order valence-electron chi connectivity index (χ1n) is 4.63. The molecule has 0 aliphatic rings. The third kappa shape index (κ3) is 3.47. The van der Waals surface area contributed by atoms with Gasteiger partial charge in [-0.15, -0.1) is 11.3 Å². The summed E-state index contributed by atoms with van der Waals surface area (Å²) in [6.45, 7) is 0. The van der Waals surface area contributed by atoms with E-state index in [1.165, 1.54) is 0 Å². The first-order valence-corrected chi connectivity index (χ1v) is 7.89. The molecule has 0 unspecified atom stereocenters. The lowest BCUT2D eigenvalue weighted by atomic mass is 10.2. The quantitative estimate of drug-likeness (QED) is 0.639. The second-order valence-corrected chi connectivity index (χ2v) is 7.00. The molecule has 0 aliphatic carbocycles. The van der Waals surface area contributed by atoms with Crippen molar-refractivity contribution in [2.45, 2.75) is 6.42 Å². The Morgan fingerprint density at radius 2 is 2.00 bits per heavy atom. The van der Waals surface area contributed by atoms with Crippen LogP contribution in [0.1, 0.15) is 15.4 Å². The van der Waals surface area contributed by atoms with E-state index in [-0.39, 0.29) is 5.78 Å². The molecule has 88 valence electrons. The lowest BCUT2D eigenvalue weighted by Crippen LogP contribution is -2.05. The third-order valence-electron chi connectivity index (χ3n) is 2.03. The number of thiophene rings is 1. The maximum Gasteiger partial charge on any atom is 0.187 e. The molecule has 0 spiro atoms. The minimum Gasteiger partial charge on any atom is -0.292 e. The van der Waals surface area contributed by atoms with Crippen LogP contribution in [0.2, 0.25) is 0 Å². The number of hydrogen-bond donors (Lipinski definition) is 0. The first-order chi connectivity index (χ1) is 8.06. The number of pyridine rings is 1. The van der Waals surface area contributed by atoms with Gasteiger partial charge in [0.2, 0.25) is 0 Å². The van der Waals surface area contributed by atoms with Crippen LogP contribution in [-0.4, -0.2) is 10.8 Å². The molecule has 2 aromatic rings. The SMILES string of the molecule is O=C(Cc1cc(Br)cs1)c1ncc(Br)cc1Br. The van der Waals surface area contributed by atoms with Gasteiger partial charge in [-0.3, -0.25) is 9.78 Å². The molecular weight excluding hydrogens is 434 g/mol. The molecule has 0 aromatic carbocycles. The fourth-order valence-electron chi connectivity index (χ4n) is 1.31. The van der Waals surface area contributed by atoms with E-state index in [0.29, 0.717) is 16.6 Å². The van der Waals surface area contributed by atoms with Crippen LogP contribution < -0.4 is 0 Å². The van der Waals surface area contributed by atoms with E-state index in [4.69, 9.17) is 0 Å². The Labute approximate surface area is 128 Å². The second kappa shape index (κ2) is 5.73. The van der Waals surface area contributed by atoms with Crippen LogP contribution in [0, 0.1) is 0 Å². The molecule has 6 heteroatoms. The van der Waals surface area contributed by atoms with E-state index in [0.717, 1.165) is 13.8 Å². The predicted molar refractivity (Wildman–Crippen MR) is 79.7 cm³/mol.